The van der Waals surface area contributed by atoms with Gasteiger partial charge in [0.25, 0.3) is 0 Å². The van der Waals surface area contributed by atoms with Crippen LogP contribution in [0.5, 0.6) is 0 Å². The number of pyridine rings is 1. The van der Waals surface area contributed by atoms with Gasteiger partial charge in [0.1, 0.15) is 11.9 Å². The topological polar surface area (TPSA) is 111 Å². The van der Waals surface area contributed by atoms with E-state index in [0.29, 0.717) is 29.8 Å². The van der Waals surface area contributed by atoms with Gasteiger partial charge in [-0.3, -0.25) is 18.8 Å². The van der Waals surface area contributed by atoms with Crippen LogP contribution in [0, 0.1) is 0 Å². The maximum absolute atomic E-state index is 13.4. The summed E-state index contributed by atoms with van der Waals surface area (Å²) in [5, 5.41) is 13.9. The van der Waals surface area contributed by atoms with Crippen LogP contribution in [0.4, 0.5) is 5.82 Å². The van der Waals surface area contributed by atoms with Gasteiger partial charge in [-0.25, -0.2) is 9.78 Å². The summed E-state index contributed by atoms with van der Waals surface area (Å²) in [6, 6.07) is 9.09. The van der Waals surface area contributed by atoms with Gasteiger partial charge in [-0.2, -0.15) is 0 Å². The summed E-state index contributed by atoms with van der Waals surface area (Å²) in [5.74, 6) is 0.119. The molecule has 0 radical (unpaired) electrons. The molecule has 2 N–H and O–H groups in total. The molecule has 234 valence electrons. The van der Waals surface area contributed by atoms with E-state index in [1.54, 1.807) is 23.3 Å². The first-order valence-electron chi connectivity index (χ1n) is 15.6. The van der Waals surface area contributed by atoms with E-state index in [1.165, 1.54) is 12.0 Å². The lowest BCUT2D eigenvalue weighted by Crippen LogP contribution is -2.39. The van der Waals surface area contributed by atoms with E-state index in [9.17, 15) is 14.7 Å². The van der Waals surface area contributed by atoms with Crippen molar-refractivity contribution in [3.05, 3.63) is 57.6 Å². The molecule has 0 spiro atoms. The predicted octanol–water partition coefficient (Wildman–Crippen LogP) is 4.49. The zero-order valence-corrected chi connectivity index (χ0v) is 26.3. The number of methoxy groups -OCH3 is 1. The number of para-hydroxylation sites is 1. The number of nitrogens with zero attached hydrogens (tertiary/aromatic N) is 4. The molecule has 3 atom stereocenters. The third-order valence-electron chi connectivity index (χ3n) is 9.20. The van der Waals surface area contributed by atoms with E-state index < -0.39 is 17.6 Å². The highest BCUT2D eigenvalue weighted by Gasteiger charge is 2.37. The Labute approximate surface area is 254 Å². The average molecular weight is 594 g/mol. The number of carboxylic acids is 1. The largest absolute Gasteiger partial charge is 0.480 e. The van der Waals surface area contributed by atoms with E-state index in [-0.39, 0.29) is 17.8 Å². The Morgan fingerprint density at radius 2 is 2.05 bits per heavy atom. The molecule has 0 saturated heterocycles. The molecule has 5 rings (SSSR count). The molecule has 3 heterocycles. The second-order valence-electron chi connectivity index (χ2n) is 12.8. The van der Waals surface area contributed by atoms with Crippen LogP contribution in [0.2, 0.25) is 0 Å². The van der Waals surface area contributed by atoms with Crippen molar-refractivity contribution in [1.82, 2.24) is 19.0 Å². The molecule has 0 bridgehead atoms. The first-order valence-corrected chi connectivity index (χ1v) is 15.6. The Kier molecular flexibility index (Phi) is 9.58. The van der Waals surface area contributed by atoms with Crippen LogP contribution in [0.3, 0.4) is 0 Å². The molecule has 1 aliphatic heterocycles. The van der Waals surface area contributed by atoms with Crippen molar-refractivity contribution in [2.45, 2.75) is 88.9 Å². The van der Waals surface area contributed by atoms with Gasteiger partial charge in [-0.1, -0.05) is 18.2 Å². The van der Waals surface area contributed by atoms with Crippen molar-refractivity contribution in [2.75, 3.05) is 39.2 Å². The Morgan fingerprint density at radius 3 is 2.81 bits per heavy atom. The summed E-state index contributed by atoms with van der Waals surface area (Å²) >= 11 is 0. The summed E-state index contributed by atoms with van der Waals surface area (Å²) in [5.41, 5.74) is 3.62. The van der Waals surface area contributed by atoms with E-state index in [1.807, 2.05) is 44.0 Å². The maximum atomic E-state index is 13.4. The fourth-order valence-corrected chi connectivity index (χ4v) is 7.01. The van der Waals surface area contributed by atoms with E-state index in [2.05, 4.69) is 17.4 Å². The van der Waals surface area contributed by atoms with Crippen LogP contribution in [0.25, 0.3) is 11.0 Å². The number of unbranched alkanes of at least 4 members (excludes halogenated alkanes) is 1. The molecule has 10 heteroatoms. The molecule has 2 aliphatic rings. The van der Waals surface area contributed by atoms with Crippen molar-refractivity contribution in [1.29, 1.82) is 0 Å². The van der Waals surface area contributed by atoms with E-state index in [4.69, 9.17) is 14.5 Å². The number of hydrogen-bond donors (Lipinski definition) is 2. The lowest BCUT2D eigenvalue weighted by molar-refractivity contribution is -0.144. The fourth-order valence-electron chi connectivity index (χ4n) is 7.01. The van der Waals surface area contributed by atoms with Crippen molar-refractivity contribution in [2.24, 2.45) is 7.05 Å². The molecule has 0 amide bonds. The second-order valence-corrected chi connectivity index (χ2v) is 12.8. The number of carboxylic acid groups (broad SMARTS) is 1. The number of rotatable bonds is 13. The Morgan fingerprint density at radius 1 is 1.23 bits per heavy atom. The fraction of sp³-hybridized carbons (Fsp3) is 0.606. The highest BCUT2D eigenvalue weighted by atomic mass is 16.5. The number of aliphatic carboxylic acids is 1. The number of carbonyl (C=O) groups is 1. The van der Waals surface area contributed by atoms with Gasteiger partial charge in [-0.15, -0.1) is 0 Å². The first-order chi connectivity index (χ1) is 20.6. The number of aromatic nitrogens is 3. The van der Waals surface area contributed by atoms with Crippen molar-refractivity contribution in [3.8, 4) is 0 Å². The summed E-state index contributed by atoms with van der Waals surface area (Å²) in [4.78, 5) is 32.9. The number of fused-ring (bicyclic) bond motifs is 2. The van der Waals surface area contributed by atoms with Gasteiger partial charge in [0.15, 0.2) is 0 Å². The van der Waals surface area contributed by atoms with Crippen molar-refractivity contribution < 1.29 is 19.4 Å². The highest BCUT2D eigenvalue weighted by molar-refractivity contribution is 5.87. The van der Waals surface area contributed by atoms with Crippen LogP contribution in [-0.2, 0) is 39.7 Å². The number of hydrogen-bond acceptors (Lipinski definition) is 7. The van der Waals surface area contributed by atoms with Gasteiger partial charge >= 0.3 is 11.7 Å². The number of nitrogens with one attached hydrogen (secondary N) is 1. The third kappa shape index (κ3) is 6.51. The summed E-state index contributed by atoms with van der Waals surface area (Å²) in [7, 11) is 5.21. The van der Waals surface area contributed by atoms with Crippen LogP contribution >= 0.6 is 0 Å². The smallest absolute Gasteiger partial charge is 0.329 e. The maximum Gasteiger partial charge on any atom is 0.329 e. The summed E-state index contributed by atoms with van der Waals surface area (Å²) < 4.78 is 14.9. The normalized spacial score (nSPS) is 19.5. The van der Waals surface area contributed by atoms with Gasteiger partial charge in [0.05, 0.1) is 29.3 Å². The zero-order chi connectivity index (χ0) is 30.7. The van der Waals surface area contributed by atoms with E-state index >= 15 is 0 Å². The number of ether oxygens (including phenoxy) is 2. The molecule has 10 nitrogen and oxygen atoms in total. The van der Waals surface area contributed by atoms with Gasteiger partial charge in [0.2, 0.25) is 0 Å². The molecular formula is C33H47N5O5. The predicted molar refractivity (Wildman–Crippen MR) is 168 cm³/mol. The second kappa shape index (κ2) is 13.2. The first kappa shape index (κ1) is 31.2. The molecule has 2 aromatic heterocycles. The molecule has 1 aromatic carbocycles. The molecule has 1 aliphatic carbocycles. The lowest BCUT2D eigenvalue weighted by atomic mass is 10.0. The third-order valence-corrected chi connectivity index (χ3v) is 9.20. The summed E-state index contributed by atoms with van der Waals surface area (Å²) in [6.45, 7) is 5.94. The number of aryl methyl sites for hydroxylation is 3. The quantitative estimate of drug-likeness (QED) is 0.279. The Balaban J connectivity index is 1.21. The van der Waals surface area contributed by atoms with Crippen molar-refractivity contribution >= 4 is 22.8 Å². The minimum Gasteiger partial charge on any atom is -0.480 e. The number of likely N-dealkylation sites (N-methyl/N-ethyl adjacent to an activating group) is 1. The summed E-state index contributed by atoms with van der Waals surface area (Å²) in [6.07, 6.45) is 7.87. The van der Waals surface area contributed by atoms with Gasteiger partial charge in [0, 0.05) is 44.6 Å². The molecular weight excluding hydrogens is 546 g/mol. The lowest BCUT2D eigenvalue weighted by Gasteiger charge is -2.31. The molecule has 1 saturated carbocycles. The van der Waals surface area contributed by atoms with Crippen LogP contribution in [-0.4, -0.2) is 76.2 Å². The zero-order valence-electron chi connectivity index (χ0n) is 26.3. The molecule has 3 aromatic rings. The monoisotopic (exact) mass is 593 g/mol. The van der Waals surface area contributed by atoms with Gasteiger partial charge < -0.3 is 19.9 Å². The molecule has 1 fully saturated rings. The molecule has 1 unspecified atom stereocenters. The SMILES string of the molecule is COCC(C)(C)n1c(=O)n(C)c2c(C(C(=O)O)N(C)[C@H]3CC[C@H](OCCCCc4ccc5c(n4)NCCC5)C3)cccc21. The van der Waals surface area contributed by atoms with E-state index in [0.717, 1.165) is 63.0 Å². The minimum atomic E-state index is -0.929. The Hall–Kier alpha value is -3.21. The standard InChI is InChI=1S/C33H47N5O5/c1-33(2,21-42-5)38-27-13-8-12-26(28(27)37(4)32(38)41)29(31(39)40)36(3)24-16-17-25(20-24)43-19-7-6-11-23-15-14-22-10-9-18-34-30(22)35-23/h8,12-15,24-25,29H,6-7,9-11,16-21H2,1-5H3,(H,34,35)(H,39,40)/t24-,25-,29?/m0/s1. The van der Waals surface area contributed by atoms with Crippen LogP contribution in [0.15, 0.2) is 35.1 Å². The average Bonchev–Trinajstić information content (AvgIpc) is 3.55. The van der Waals surface area contributed by atoms with Crippen LogP contribution < -0.4 is 11.0 Å². The van der Waals surface area contributed by atoms with Gasteiger partial charge in [-0.05, 0) is 90.0 Å². The Bertz CT molecular complexity index is 1490. The number of anilines is 1. The molecule has 43 heavy (non-hydrogen) atoms. The highest BCUT2D eigenvalue weighted by Crippen LogP contribution is 2.35. The number of imidazole rings is 1. The number of benzene rings is 1. The minimum absolute atomic E-state index is 0.0672. The van der Waals surface area contributed by atoms with Crippen molar-refractivity contribution in [3.63, 3.8) is 0 Å². The van der Waals surface area contributed by atoms with Crippen LogP contribution in [0.1, 0.15) is 75.2 Å².